The molecule has 1 N–H and O–H groups in total. The number of aryl methyl sites for hydroxylation is 2. The van der Waals surface area contributed by atoms with Crippen LogP contribution < -0.4 is 19.7 Å². The van der Waals surface area contributed by atoms with Crippen LogP contribution in [0.15, 0.2) is 64.6 Å². The number of hydrogen-bond donors (Lipinski definition) is 1. The van der Waals surface area contributed by atoms with Gasteiger partial charge >= 0.3 is 6.03 Å². The van der Waals surface area contributed by atoms with Gasteiger partial charge in [0.05, 0.1) is 16.8 Å². The smallest absolute Gasteiger partial charge is 0.335 e. The highest BCUT2D eigenvalue weighted by Gasteiger charge is 2.37. The molecule has 1 heterocycles. The number of hydrogen-bond acceptors (Lipinski definition) is 5. The first-order valence-electron chi connectivity index (χ1n) is 11.5. The van der Waals surface area contributed by atoms with Gasteiger partial charge in [-0.25, -0.2) is 14.1 Å². The average molecular weight is 567 g/mol. The van der Waals surface area contributed by atoms with E-state index in [1.807, 2.05) is 19.9 Å². The molecule has 1 aliphatic rings. The Morgan fingerprint density at radius 2 is 1.73 bits per heavy atom. The van der Waals surface area contributed by atoms with Crippen molar-refractivity contribution < 1.29 is 28.2 Å². The molecule has 7 nitrogen and oxygen atoms in total. The van der Waals surface area contributed by atoms with Gasteiger partial charge in [0, 0.05) is 0 Å². The van der Waals surface area contributed by atoms with Crippen LogP contribution in [0, 0.1) is 19.7 Å². The Balaban J connectivity index is 1.67. The second-order valence-corrected chi connectivity index (χ2v) is 9.28. The number of nitrogens with zero attached hydrogens (tertiary/aromatic N) is 1. The average Bonchev–Trinajstić information content (AvgIpc) is 2.84. The number of urea groups is 1. The van der Waals surface area contributed by atoms with E-state index in [0.717, 1.165) is 21.6 Å². The molecule has 1 aliphatic heterocycles. The van der Waals surface area contributed by atoms with Crippen molar-refractivity contribution in [3.05, 3.63) is 92.7 Å². The number of ether oxygens (including phenoxy) is 2. The van der Waals surface area contributed by atoms with Crippen LogP contribution in [0.25, 0.3) is 6.08 Å². The zero-order chi connectivity index (χ0) is 26.7. The summed E-state index contributed by atoms with van der Waals surface area (Å²) >= 11 is 3.48. The molecule has 3 aromatic rings. The summed E-state index contributed by atoms with van der Waals surface area (Å²) in [5, 5.41) is 2.24. The molecule has 3 aromatic carbocycles. The molecule has 0 aromatic heterocycles. The molecule has 0 radical (unpaired) electrons. The Kier molecular flexibility index (Phi) is 7.73. The van der Waals surface area contributed by atoms with E-state index in [9.17, 15) is 18.8 Å². The van der Waals surface area contributed by atoms with Crippen LogP contribution in [0.5, 0.6) is 11.5 Å². The van der Waals surface area contributed by atoms with Crippen LogP contribution in [0.4, 0.5) is 14.9 Å². The second-order valence-electron chi connectivity index (χ2n) is 8.43. The lowest BCUT2D eigenvalue weighted by atomic mass is 10.0. The molecule has 0 aliphatic carbocycles. The van der Waals surface area contributed by atoms with Crippen molar-refractivity contribution in [2.75, 3.05) is 11.5 Å². The van der Waals surface area contributed by atoms with Crippen LogP contribution in [0.1, 0.15) is 29.2 Å². The van der Waals surface area contributed by atoms with Gasteiger partial charge in [-0.1, -0.05) is 29.8 Å². The number of imide groups is 2. The molecule has 0 atom stereocenters. The van der Waals surface area contributed by atoms with Gasteiger partial charge in [-0.2, -0.15) is 0 Å². The third-order valence-corrected chi connectivity index (χ3v) is 6.22. The summed E-state index contributed by atoms with van der Waals surface area (Å²) in [6, 6.07) is 13.8. The van der Waals surface area contributed by atoms with Crippen LogP contribution in [-0.4, -0.2) is 24.5 Å². The van der Waals surface area contributed by atoms with E-state index in [-0.39, 0.29) is 18.0 Å². The summed E-state index contributed by atoms with van der Waals surface area (Å²) in [6.45, 7) is 6.03. The Hall–Kier alpha value is -3.98. The molecule has 1 saturated heterocycles. The van der Waals surface area contributed by atoms with Gasteiger partial charge in [-0.3, -0.25) is 14.9 Å². The molecule has 4 amide bonds. The fourth-order valence-electron chi connectivity index (χ4n) is 3.91. The number of anilines is 1. The first kappa shape index (κ1) is 26.1. The SMILES string of the molecule is CCOc1cc(/C=C2\C(=O)NC(=O)N(c3ccc(C)cc3C)C2=O)cc(Br)c1OCc1ccc(F)cc1. The third kappa shape index (κ3) is 5.72. The van der Waals surface area contributed by atoms with Crippen molar-refractivity contribution in [3.63, 3.8) is 0 Å². The summed E-state index contributed by atoms with van der Waals surface area (Å²) in [4.78, 5) is 39.5. The molecule has 0 unspecified atom stereocenters. The molecule has 9 heteroatoms. The number of amides is 4. The number of carbonyl (C=O) groups excluding carboxylic acids is 3. The zero-order valence-electron chi connectivity index (χ0n) is 20.4. The number of benzene rings is 3. The Labute approximate surface area is 222 Å². The molecule has 4 rings (SSSR count). The zero-order valence-corrected chi connectivity index (χ0v) is 22.0. The summed E-state index contributed by atoms with van der Waals surface area (Å²) in [6.07, 6.45) is 1.40. The Morgan fingerprint density at radius 1 is 1.00 bits per heavy atom. The highest BCUT2D eigenvalue weighted by Crippen LogP contribution is 2.38. The topological polar surface area (TPSA) is 84.9 Å². The first-order chi connectivity index (χ1) is 17.7. The van der Waals surface area contributed by atoms with Crippen molar-refractivity contribution in [2.45, 2.75) is 27.4 Å². The van der Waals surface area contributed by atoms with Gasteiger partial charge in [0.25, 0.3) is 11.8 Å². The lowest BCUT2D eigenvalue weighted by Gasteiger charge is -2.27. The van der Waals surface area contributed by atoms with Gasteiger partial charge in [0.2, 0.25) is 0 Å². The molecular weight excluding hydrogens is 543 g/mol. The summed E-state index contributed by atoms with van der Waals surface area (Å²) in [5.41, 5.74) is 3.15. The molecule has 0 spiro atoms. The standard InChI is InChI=1S/C28H24BrFN2O5/c1-4-36-24-14-19(13-22(29)25(24)37-15-18-6-8-20(30)9-7-18)12-21-26(33)31-28(35)32(27(21)34)23-10-5-16(2)11-17(23)3/h5-14H,4,15H2,1-3H3,(H,31,33,35)/b21-12+. The van der Waals surface area contributed by atoms with E-state index >= 15 is 0 Å². The molecule has 190 valence electrons. The maximum Gasteiger partial charge on any atom is 0.335 e. The van der Waals surface area contributed by atoms with Crippen molar-refractivity contribution in [3.8, 4) is 11.5 Å². The molecule has 0 saturated carbocycles. The number of rotatable bonds is 7. The minimum Gasteiger partial charge on any atom is -0.490 e. The number of barbiturate groups is 1. The van der Waals surface area contributed by atoms with Crippen molar-refractivity contribution in [1.29, 1.82) is 0 Å². The normalized spacial score (nSPS) is 14.7. The second kappa shape index (κ2) is 11.0. The fraction of sp³-hybridized carbons (Fsp3) is 0.179. The van der Waals surface area contributed by atoms with E-state index in [2.05, 4.69) is 21.2 Å². The first-order valence-corrected chi connectivity index (χ1v) is 12.3. The van der Waals surface area contributed by atoms with E-state index in [1.165, 1.54) is 18.2 Å². The third-order valence-electron chi connectivity index (χ3n) is 5.63. The van der Waals surface area contributed by atoms with E-state index in [4.69, 9.17) is 9.47 Å². The maximum atomic E-state index is 13.3. The molecule has 1 fully saturated rings. The van der Waals surface area contributed by atoms with Crippen LogP contribution >= 0.6 is 15.9 Å². The van der Waals surface area contributed by atoms with Crippen LogP contribution in [-0.2, 0) is 16.2 Å². The van der Waals surface area contributed by atoms with Gasteiger partial charge < -0.3 is 9.47 Å². The lowest BCUT2D eigenvalue weighted by Crippen LogP contribution is -2.54. The van der Waals surface area contributed by atoms with E-state index in [0.29, 0.717) is 33.8 Å². The van der Waals surface area contributed by atoms with Crippen LogP contribution in [0.2, 0.25) is 0 Å². The van der Waals surface area contributed by atoms with E-state index < -0.39 is 17.8 Å². The van der Waals surface area contributed by atoms with Crippen molar-refractivity contribution >= 4 is 45.5 Å². The molecular formula is C28H24BrFN2O5. The maximum absolute atomic E-state index is 13.3. The van der Waals surface area contributed by atoms with Gasteiger partial charge in [-0.05, 0) is 89.8 Å². The highest BCUT2D eigenvalue weighted by molar-refractivity contribution is 9.10. The molecule has 37 heavy (non-hydrogen) atoms. The number of nitrogens with one attached hydrogen (secondary N) is 1. The van der Waals surface area contributed by atoms with Gasteiger partial charge in [0.15, 0.2) is 11.5 Å². The summed E-state index contributed by atoms with van der Waals surface area (Å²) < 4.78 is 25.4. The van der Waals surface area contributed by atoms with Gasteiger partial charge in [0.1, 0.15) is 18.0 Å². The van der Waals surface area contributed by atoms with Crippen molar-refractivity contribution in [1.82, 2.24) is 5.32 Å². The predicted molar refractivity (Wildman–Crippen MR) is 141 cm³/mol. The van der Waals surface area contributed by atoms with Crippen molar-refractivity contribution in [2.24, 2.45) is 0 Å². The monoisotopic (exact) mass is 566 g/mol. The Bertz CT molecular complexity index is 1420. The van der Waals surface area contributed by atoms with Gasteiger partial charge in [-0.15, -0.1) is 0 Å². The quantitative estimate of drug-likeness (QED) is 0.286. The number of halogens is 2. The largest absolute Gasteiger partial charge is 0.490 e. The van der Waals surface area contributed by atoms with Crippen LogP contribution in [0.3, 0.4) is 0 Å². The highest BCUT2D eigenvalue weighted by atomic mass is 79.9. The summed E-state index contributed by atoms with van der Waals surface area (Å²) in [5.74, 6) is -1.05. The summed E-state index contributed by atoms with van der Waals surface area (Å²) in [7, 11) is 0. The lowest BCUT2D eigenvalue weighted by molar-refractivity contribution is -0.122. The predicted octanol–water partition coefficient (Wildman–Crippen LogP) is 5.85. The Morgan fingerprint density at radius 3 is 2.41 bits per heavy atom. The number of carbonyl (C=O) groups is 3. The minimum atomic E-state index is -0.806. The van der Waals surface area contributed by atoms with E-state index in [1.54, 1.807) is 43.3 Å². The fourth-order valence-corrected chi connectivity index (χ4v) is 4.48. The minimum absolute atomic E-state index is 0.174. The molecule has 0 bridgehead atoms.